The third-order valence-electron chi connectivity index (χ3n) is 4.69. The topological polar surface area (TPSA) is 99.4 Å². The van der Waals surface area contributed by atoms with Crippen LogP contribution in [0.5, 0.6) is 11.5 Å². The van der Waals surface area contributed by atoms with Crippen LogP contribution >= 0.6 is 35.0 Å². The average molecular weight is 533 g/mol. The highest BCUT2D eigenvalue weighted by Crippen LogP contribution is 2.33. The van der Waals surface area contributed by atoms with Gasteiger partial charge in [0.2, 0.25) is 5.76 Å². The molecule has 8 nitrogen and oxygen atoms in total. The normalized spacial score (nSPS) is 15.4. The predicted octanol–water partition coefficient (Wildman–Crippen LogP) is 5.85. The number of carbonyl (C=O) groups excluding carboxylic acids is 2. The number of halogens is 2. The second-order valence-corrected chi connectivity index (χ2v) is 8.88. The van der Waals surface area contributed by atoms with Gasteiger partial charge in [0.1, 0.15) is 12.4 Å². The monoisotopic (exact) mass is 532 g/mol. The molecule has 180 valence electrons. The molecule has 35 heavy (non-hydrogen) atoms. The molecule has 0 bridgehead atoms. The third-order valence-corrected chi connectivity index (χ3v) is 6.34. The number of methoxy groups -OCH3 is 2. The number of amides is 1. The smallest absolute Gasteiger partial charge is 0.373 e. The molecule has 1 aliphatic heterocycles. The molecule has 2 heterocycles. The summed E-state index contributed by atoms with van der Waals surface area (Å²) in [6.07, 6.45) is 1.72. The summed E-state index contributed by atoms with van der Waals surface area (Å²) >= 11 is 13.2. The SMILES string of the molecule is COC(=O)c1ccc(COc2ccc(C=C3SC(=Nc4ccc(Cl)c(Cl)c4)NC3=O)cc2OC)o1. The lowest BCUT2D eigenvalue weighted by Gasteiger charge is -2.10. The minimum absolute atomic E-state index is 0.0839. The molecule has 3 aromatic rings. The zero-order valence-corrected chi connectivity index (χ0v) is 20.8. The molecule has 1 fully saturated rings. The Morgan fingerprint density at radius 2 is 1.91 bits per heavy atom. The van der Waals surface area contributed by atoms with Crippen molar-refractivity contribution < 1.29 is 28.2 Å². The summed E-state index contributed by atoms with van der Waals surface area (Å²) in [4.78, 5) is 28.8. The number of ether oxygens (including phenoxy) is 3. The number of hydrogen-bond acceptors (Lipinski definition) is 8. The fourth-order valence-electron chi connectivity index (χ4n) is 3.01. The highest BCUT2D eigenvalue weighted by atomic mass is 35.5. The Morgan fingerprint density at radius 1 is 1.09 bits per heavy atom. The van der Waals surface area contributed by atoms with E-state index in [1.807, 2.05) is 0 Å². The number of hydrogen-bond donors (Lipinski definition) is 1. The fourth-order valence-corrected chi connectivity index (χ4v) is 4.15. The van der Waals surface area contributed by atoms with E-state index in [2.05, 4.69) is 15.0 Å². The van der Waals surface area contributed by atoms with Crippen LogP contribution in [0, 0.1) is 0 Å². The van der Waals surface area contributed by atoms with Gasteiger partial charge in [-0.1, -0.05) is 29.3 Å². The lowest BCUT2D eigenvalue weighted by molar-refractivity contribution is -0.115. The summed E-state index contributed by atoms with van der Waals surface area (Å²) in [6.45, 7) is 0.0839. The molecule has 0 spiro atoms. The van der Waals surface area contributed by atoms with Gasteiger partial charge in [0, 0.05) is 0 Å². The van der Waals surface area contributed by atoms with Crippen LogP contribution < -0.4 is 14.8 Å². The molecule has 0 unspecified atom stereocenters. The van der Waals surface area contributed by atoms with Crippen molar-refractivity contribution in [1.82, 2.24) is 5.32 Å². The van der Waals surface area contributed by atoms with E-state index in [1.54, 1.807) is 48.5 Å². The number of nitrogens with one attached hydrogen (secondary N) is 1. The van der Waals surface area contributed by atoms with Gasteiger partial charge in [0.25, 0.3) is 5.91 Å². The zero-order valence-electron chi connectivity index (χ0n) is 18.5. The van der Waals surface area contributed by atoms with Gasteiger partial charge in [-0.05, 0) is 65.9 Å². The summed E-state index contributed by atoms with van der Waals surface area (Å²) in [6, 6.07) is 13.4. The largest absolute Gasteiger partial charge is 0.493 e. The second kappa shape index (κ2) is 10.9. The highest BCUT2D eigenvalue weighted by Gasteiger charge is 2.24. The molecule has 0 saturated carbocycles. The van der Waals surface area contributed by atoms with E-state index in [-0.39, 0.29) is 18.3 Å². The summed E-state index contributed by atoms with van der Waals surface area (Å²) in [5.41, 5.74) is 1.30. The number of thioether (sulfide) groups is 1. The van der Waals surface area contributed by atoms with Crippen molar-refractivity contribution in [3.8, 4) is 11.5 Å². The number of benzene rings is 2. The summed E-state index contributed by atoms with van der Waals surface area (Å²) in [5, 5.41) is 3.96. The molecule has 0 atom stereocenters. The van der Waals surface area contributed by atoms with Gasteiger partial charge in [-0.25, -0.2) is 9.79 Å². The number of rotatable bonds is 7. The Hall–Kier alpha value is -3.40. The Kier molecular flexibility index (Phi) is 7.70. The Labute approximate surface area is 214 Å². The van der Waals surface area contributed by atoms with E-state index in [1.165, 1.54) is 32.0 Å². The highest BCUT2D eigenvalue weighted by molar-refractivity contribution is 8.18. The van der Waals surface area contributed by atoms with Crippen LogP contribution in [0.3, 0.4) is 0 Å². The molecule has 1 N–H and O–H groups in total. The van der Waals surface area contributed by atoms with Crippen LogP contribution in [0.2, 0.25) is 10.0 Å². The first-order valence-electron chi connectivity index (χ1n) is 10.1. The second-order valence-electron chi connectivity index (χ2n) is 7.04. The molecule has 0 radical (unpaired) electrons. The lowest BCUT2D eigenvalue weighted by Crippen LogP contribution is -2.19. The van der Waals surface area contributed by atoms with Gasteiger partial charge < -0.3 is 23.9 Å². The maximum absolute atomic E-state index is 12.4. The lowest BCUT2D eigenvalue weighted by atomic mass is 10.2. The first-order valence-corrected chi connectivity index (χ1v) is 11.7. The van der Waals surface area contributed by atoms with Crippen LogP contribution in [-0.2, 0) is 16.1 Å². The van der Waals surface area contributed by atoms with E-state index in [0.717, 1.165) is 5.56 Å². The molecule has 1 aliphatic rings. The van der Waals surface area contributed by atoms with Gasteiger partial charge >= 0.3 is 5.97 Å². The number of carbonyl (C=O) groups is 2. The minimum Gasteiger partial charge on any atom is -0.493 e. The summed E-state index contributed by atoms with van der Waals surface area (Å²) < 4.78 is 21.2. The number of furan rings is 1. The van der Waals surface area contributed by atoms with Crippen molar-refractivity contribution in [2.45, 2.75) is 6.61 Å². The molecule has 1 saturated heterocycles. The van der Waals surface area contributed by atoms with Crippen LogP contribution in [0.1, 0.15) is 21.9 Å². The molecule has 4 rings (SSSR count). The van der Waals surface area contributed by atoms with Gasteiger partial charge in [-0.15, -0.1) is 0 Å². The van der Waals surface area contributed by atoms with Gasteiger partial charge in [0.05, 0.1) is 34.9 Å². The fraction of sp³-hybridized carbons (Fsp3) is 0.125. The van der Waals surface area contributed by atoms with Gasteiger partial charge in [-0.3, -0.25) is 4.79 Å². The molecular formula is C24H18Cl2N2O6S. The molecule has 0 aliphatic carbocycles. The maximum atomic E-state index is 12.4. The van der Waals surface area contributed by atoms with Crippen LogP contribution in [0.25, 0.3) is 6.08 Å². The first-order chi connectivity index (χ1) is 16.9. The number of aliphatic imine (C=N–C) groups is 1. The van der Waals surface area contributed by atoms with Gasteiger partial charge in [-0.2, -0.15) is 0 Å². The zero-order chi connectivity index (χ0) is 24.9. The standard InChI is InChI=1S/C24H18Cl2N2O6S/c1-31-20-9-13(3-7-18(20)33-12-15-5-8-19(34-15)23(30)32-2)10-21-22(29)28-24(35-21)27-14-4-6-16(25)17(26)11-14/h3-11H,12H2,1-2H3,(H,27,28,29). The number of amidine groups is 1. The van der Waals surface area contributed by atoms with Crippen molar-refractivity contribution in [3.05, 3.63) is 80.6 Å². The maximum Gasteiger partial charge on any atom is 0.373 e. The number of nitrogens with zero attached hydrogens (tertiary/aromatic N) is 1. The quantitative estimate of drug-likeness (QED) is 0.300. The van der Waals surface area contributed by atoms with Gasteiger partial charge in [0.15, 0.2) is 16.7 Å². The van der Waals surface area contributed by atoms with Crippen molar-refractivity contribution >= 4 is 63.8 Å². The van der Waals surface area contributed by atoms with Crippen LogP contribution in [0.4, 0.5) is 5.69 Å². The van der Waals surface area contributed by atoms with E-state index in [0.29, 0.717) is 43.1 Å². The molecular weight excluding hydrogens is 515 g/mol. The first kappa shape index (κ1) is 24.7. The van der Waals surface area contributed by atoms with E-state index >= 15 is 0 Å². The van der Waals surface area contributed by atoms with Crippen molar-refractivity contribution in [2.24, 2.45) is 4.99 Å². The van der Waals surface area contributed by atoms with Crippen molar-refractivity contribution in [1.29, 1.82) is 0 Å². The Balaban J connectivity index is 1.46. The molecule has 1 amide bonds. The van der Waals surface area contributed by atoms with Crippen molar-refractivity contribution in [2.75, 3.05) is 14.2 Å². The predicted molar refractivity (Wildman–Crippen MR) is 135 cm³/mol. The van der Waals surface area contributed by atoms with E-state index in [4.69, 9.17) is 37.1 Å². The molecule has 1 aromatic heterocycles. The summed E-state index contributed by atoms with van der Waals surface area (Å²) in [7, 11) is 2.79. The average Bonchev–Trinajstić information content (AvgIpc) is 3.46. The van der Waals surface area contributed by atoms with Crippen LogP contribution in [0.15, 0.2) is 62.8 Å². The van der Waals surface area contributed by atoms with Crippen LogP contribution in [-0.4, -0.2) is 31.3 Å². The van der Waals surface area contributed by atoms with E-state index in [9.17, 15) is 9.59 Å². The Morgan fingerprint density at radius 3 is 2.66 bits per heavy atom. The summed E-state index contributed by atoms with van der Waals surface area (Å²) in [5.74, 6) is 0.640. The Bertz CT molecular complexity index is 1350. The molecule has 11 heteroatoms. The number of esters is 1. The molecule has 2 aromatic carbocycles. The van der Waals surface area contributed by atoms with E-state index < -0.39 is 5.97 Å². The minimum atomic E-state index is -0.565. The van der Waals surface area contributed by atoms with Crippen molar-refractivity contribution in [3.63, 3.8) is 0 Å². The third kappa shape index (κ3) is 6.00.